The maximum absolute atomic E-state index is 13.0. The van der Waals surface area contributed by atoms with Crippen molar-refractivity contribution in [1.82, 2.24) is 14.6 Å². The van der Waals surface area contributed by atoms with Gasteiger partial charge in [-0.25, -0.2) is 13.1 Å². The van der Waals surface area contributed by atoms with E-state index in [1.165, 1.54) is 30.8 Å². The number of fused-ring (bicyclic) bond motifs is 2. The molecule has 2 amide bonds. The molecule has 4 atom stereocenters. The fourth-order valence-corrected chi connectivity index (χ4v) is 8.04. The third-order valence-corrected chi connectivity index (χ3v) is 10.3. The molecular weight excluding hydrogens is 532 g/mol. The van der Waals surface area contributed by atoms with Crippen LogP contribution < -0.4 is 10.0 Å². The van der Waals surface area contributed by atoms with Crippen LogP contribution in [-0.2, 0) is 14.8 Å². The Morgan fingerprint density at radius 2 is 2.00 bits per heavy atom. The van der Waals surface area contributed by atoms with E-state index >= 15 is 0 Å². The third-order valence-electron chi connectivity index (χ3n) is 7.64. The lowest BCUT2D eigenvalue weighted by molar-refractivity contribution is -0.114. The summed E-state index contributed by atoms with van der Waals surface area (Å²) >= 11 is 1.38. The molecule has 2 aliphatic rings. The molecule has 8 nitrogen and oxygen atoms in total. The number of aromatic nitrogens is 1. The molecule has 2 aromatic carbocycles. The van der Waals surface area contributed by atoms with E-state index in [9.17, 15) is 18.0 Å². The van der Waals surface area contributed by atoms with E-state index in [0.29, 0.717) is 12.2 Å². The van der Waals surface area contributed by atoms with Gasteiger partial charge in [0, 0.05) is 43.3 Å². The van der Waals surface area contributed by atoms with Crippen LogP contribution in [0.1, 0.15) is 36.1 Å². The molecule has 2 fully saturated rings. The number of thioether (sulfide) groups is 1. The van der Waals surface area contributed by atoms with Crippen molar-refractivity contribution in [2.24, 2.45) is 11.8 Å². The van der Waals surface area contributed by atoms with E-state index in [4.69, 9.17) is 0 Å². The maximum Gasteiger partial charge on any atom is 0.282 e. The summed E-state index contributed by atoms with van der Waals surface area (Å²) in [5, 5.41) is 3.79. The summed E-state index contributed by atoms with van der Waals surface area (Å²) in [6.07, 6.45) is 5.19. The maximum atomic E-state index is 13.0. The van der Waals surface area contributed by atoms with Crippen LogP contribution in [0, 0.1) is 18.8 Å². The van der Waals surface area contributed by atoms with Crippen LogP contribution in [-0.4, -0.2) is 48.6 Å². The van der Waals surface area contributed by atoms with Crippen molar-refractivity contribution >= 4 is 49.5 Å². The highest BCUT2D eigenvalue weighted by molar-refractivity contribution is 8.14. The van der Waals surface area contributed by atoms with Gasteiger partial charge in [0.05, 0.1) is 15.7 Å². The van der Waals surface area contributed by atoms with Gasteiger partial charge in [-0.05, 0) is 79.6 Å². The van der Waals surface area contributed by atoms with Gasteiger partial charge in [-0.3, -0.25) is 14.6 Å². The summed E-state index contributed by atoms with van der Waals surface area (Å²) in [7, 11) is -3.74. The van der Waals surface area contributed by atoms with E-state index in [-0.39, 0.29) is 45.7 Å². The monoisotopic (exact) mass is 564 g/mol. The Hall–Kier alpha value is -3.21. The predicted octanol–water partition coefficient (Wildman–Crippen LogP) is 5.27. The molecule has 2 aliphatic heterocycles. The van der Waals surface area contributed by atoms with Gasteiger partial charge in [0.25, 0.3) is 5.24 Å². The van der Waals surface area contributed by atoms with Crippen molar-refractivity contribution in [3.8, 4) is 0 Å². The summed E-state index contributed by atoms with van der Waals surface area (Å²) in [6, 6.07) is 14.3. The van der Waals surface area contributed by atoms with Crippen molar-refractivity contribution in [1.29, 1.82) is 0 Å². The van der Waals surface area contributed by atoms with Crippen molar-refractivity contribution in [2.45, 2.75) is 42.9 Å². The number of hydrogen-bond donors (Lipinski definition) is 2. The van der Waals surface area contributed by atoms with E-state index < -0.39 is 10.0 Å². The van der Waals surface area contributed by atoms with Gasteiger partial charge in [0.15, 0.2) is 0 Å². The van der Waals surface area contributed by atoms with Crippen molar-refractivity contribution in [3.05, 3.63) is 78.5 Å². The van der Waals surface area contributed by atoms with Crippen LogP contribution in [0.4, 0.5) is 10.5 Å². The second kappa shape index (κ2) is 11.1. The number of carbonyl (C=O) groups excluding carboxylic acids is 2. The quantitative estimate of drug-likeness (QED) is 0.361. The van der Waals surface area contributed by atoms with Gasteiger partial charge in [-0.1, -0.05) is 29.5 Å². The Balaban J connectivity index is 1.31. The Morgan fingerprint density at radius 1 is 1.23 bits per heavy atom. The topological polar surface area (TPSA) is 108 Å². The van der Waals surface area contributed by atoms with E-state index in [2.05, 4.69) is 34.6 Å². The van der Waals surface area contributed by atoms with Gasteiger partial charge in [0.2, 0.25) is 15.9 Å². The van der Waals surface area contributed by atoms with E-state index in [0.717, 1.165) is 34.9 Å². The molecule has 1 aromatic heterocycles. The summed E-state index contributed by atoms with van der Waals surface area (Å²) in [5.41, 5.74) is 3.72. The highest BCUT2D eigenvalue weighted by atomic mass is 32.2. The number of benzene rings is 2. The third kappa shape index (κ3) is 5.73. The Bertz CT molecular complexity index is 1520. The SMILES string of the molecule is C=C[C@@H](CNS(=O)(=O)c1ccc(NC(C)=O)cc1)[C@H]1CCN2C(=O)S[C@@H](c3ccnc4ccc(C)cc34)[C@@H]2C1. The largest absolute Gasteiger partial charge is 0.329 e. The molecule has 0 spiro atoms. The number of rotatable bonds is 8. The fraction of sp³-hybridized carbons (Fsp3) is 0.345. The average molecular weight is 565 g/mol. The number of piperidine rings is 1. The number of sulfonamides is 1. The molecule has 0 bridgehead atoms. The van der Waals surface area contributed by atoms with Crippen molar-refractivity contribution in [3.63, 3.8) is 0 Å². The minimum atomic E-state index is -3.74. The number of amides is 2. The molecule has 3 aromatic rings. The van der Waals surface area contributed by atoms with Crippen LogP contribution in [0.25, 0.3) is 10.9 Å². The van der Waals surface area contributed by atoms with Crippen molar-refractivity contribution < 1.29 is 18.0 Å². The normalized spacial score (nSPS) is 21.9. The number of anilines is 1. The molecule has 10 heteroatoms. The molecule has 0 saturated carbocycles. The summed E-state index contributed by atoms with van der Waals surface area (Å²) in [6.45, 7) is 8.32. The van der Waals surface area contributed by atoms with Gasteiger partial charge in [-0.2, -0.15) is 0 Å². The molecule has 204 valence electrons. The average Bonchev–Trinajstić information content (AvgIpc) is 3.24. The zero-order valence-corrected chi connectivity index (χ0v) is 23.6. The lowest BCUT2D eigenvalue weighted by Gasteiger charge is -2.39. The first-order valence-electron chi connectivity index (χ1n) is 13.0. The standard InChI is InChI=1S/C29H32N4O4S2/c1-4-20(17-31-39(36,37)23-8-6-22(7-9-23)32-19(3)34)21-12-14-33-27(16-21)28(38-29(33)35)24-11-13-30-26-10-5-18(2)15-25(24)26/h4-11,13,15,20-21,27-28,31H,1,12,14,16-17H2,2-3H3,(H,32,34)/t20-,21-,27-,28-/m0/s1. The van der Waals surface area contributed by atoms with Crippen LogP contribution in [0.15, 0.2) is 72.3 Å². The van der Waals surface area contributed by atoms with Crippen LogP contribution >= 0.6 is 11.8 Å². The van der Waals surface area contributed by atoms with Crippen LogP contribution in [0.5, 0.6) is 0 Å². The molecular formula is C29H32N4O4S2. The highest BCUT2D eigenvalue weighted by Crippen LogP contribution is 2.50. The summed E-state index contributed by atoms with van der Waals surface area (Å²) in [4.78, 5) is 30.8. The molecule has 3 heterocycles. The molecule has 5 rings (SSSR count). The number of aryl methyl sites for hydroxylation is 1. The second-order valence-corrected chi connectivity index (χ2v) is 13.1. The van der Waals surface area contributed by atoms with Gasteiger partial charge >= 0.3 is 0 Å². The molecule has 39 heavy (non-hydrogen) atoms. The predicted molar refractivity (Wildman–Crippen MR) is 155 cm³/mol. The smallest absolute Gasteiger partial charge is 0.282 e. The lowest BCUT2D eigenvalue weighted by Crippen LogP contribution is -2.44. The van der Waals surface area contributed by atoms with Crippen LogP contribution in [0.3, 0.4) is 0 Å². The molecule has 0 radical (unpaired) electrons. The van der Waals surface area contributed by atoms with Gasteiger partial charge < -0.3 is 10.2 Å². The first-order chi connectivity index (χ1) is 18.7. The molecule has 2 N–H and O–H groups in total. The summed E-state index contributed by atoms with van der Waals surface area (Å²) in [5.74, 6) is -0.128. The van der Waals surface area contributed by atoms with E-state index in [1.54, 1.807) is 12.1 Å². The first-order valence-corrected chi connectivity index (χ1v) is 15.3. The minimum absolute atomic E-state index is 0.0168. The number of carbonyl (C=O) groups is 2. The fourth-order valence-electron chi connectivity index (χ4n) is 5.64. The first kappa shape index (κ1) is 27.4. The Labute approximate surface area is 233 Å². The number of hydrogen-bond acceptors (Lipinski definition) is 6. The Morgan fingerprint density at radius 3 is 2.72 bits per heavy atom. The van der Waals surface area contributed by atoms with Gasteiger partial charge in [-0.15, -0.1) is 6.58 Å². The molecule has 2 saturated heterocycles. The molecule has 0 aliphatic carbocycles. The second-order valence-electron chi connectivity index (χ2n) is 10.2. The van der Waals surface area contributed by atoms with Crippen LogP contribution in [0.2, 0.25) is 0 Å². The van der Waals surface area contributed by atoms with E-state index in [1.807, 2.05) is 35.4 Å². The number of pyridine rings is 1. The minimum Gasteiger partial charge on any atom is -0.329 e. The number of nitrogens with one attached hydrogen (secondary N) is 2. The van der Waals surface area contributed by atoms with Gasteiger partial charge in [0.1, 0.15) is 0 Å². The number of nitrogens with zero attached hydrogens (tertiary/aromatic N) is 2. The Kier molecular flexibility index (Phi) is 7.80. The highest BCUT2D eigenvalue weighted by Gasteiger charge is 2.46. The summed E-state index contributed by atoms with van der Waals surface area (Å²) < 4.78 is 28.7. The molecule has 0 unspecified atom stereocenters. The zero-order chi connectivity index (χ0) is 27.7. The van der Waals surface area contributed by atoms with Crippen molar-refractivity contribution in [2.75, 3.05) is 18.4 Å². The lowest BCUT2D eigenvalue weighted by atomic mass is 9.79. The zero-order valence-electron chi connectivity index (χ0n) is 22.0.